The molecule has 3 atom stereocenters. The maximum Gasteiger partial charge on any atom is 0.217 e. The van der Waals surface area contributed by atoms with E-state index in [1.807, 2.05) is 57.2 Å². The predicted octanol–water partition coefficient (Wildman–Crippen LogP) is 2.45. The molecular formula is C20H28N2O3. The molecule has 1 aromatic rings. The largest absolute Gasteiger partial charge is 0.361 e. The number of carbonyl (C=O) groups excluding carboxylic acids is 2. The lowest BCUT2D eigenvalue weighted by molar-refractivity contribution is -0.123. The molecule has 0 spiro atoms. The van der Waals surface area contributed by atoms with Crippen LogP contribution in [0.15, 0.2) is 42.0 Å². The molecular weight excluding hydrogens is 316 g/mol. The van der Waals surface area contributed by atoms with Crippen molar-refractivity contribution in [3.8, 4) is 0 Å². The number of hydrogen-bond donors (Lipinski definition) is 2. The predicted molar refractivity (Wildman–Crippen MR) is 97.9 cm³/mol. The number of nitrogens with two attached hydrogens (primary N) is 1. The molecule has 0 heterocycles. The summed E-state index contributed by atoms with van der Waals surface area (Å²) in [5.74, 6) is -0.0897. The van der Waals surface area contributed by atoms with Crippen LogP contribution < -0.4 is 11.1 Å². The normalized spacial score (nSPS) is 23.7. The minimum absolute atomic E-state index is 0.0721. The maximum absolute atomic E-state index is 12.2. The van der Waals surface area contributed by atoms with Gasteiger partial charge in [0.2, 0.25) is 5.91 Å². The Kier molecular flexibility index (Phi) is 6.14. The molecule has 0 fully saturated rings. The van der Waals surface area contributed by atoms with Crippen LogP contribution >= 0.6 is 0 Å². The van der Waals surface area contributed by atoms with Gasteiger partial charge in [-0.25, -0.2) is 0 Å². The molecule has 0 radical (unpaired) electrons. The number of nitrogens with one attached hydrogen (secondary N) is 1. The van der Waals surface area contributed by atoms with Gasteiger partial charge in [0.05, 0.1) is 17.7 Å². The zero-order valence-corrected chi connectivity index (χ0v) is 15.4. The fourth-order valence-corrected chi connectivity index (χ4v) is 3.21. The van der Waals surface area contributed by atoms with Gasteiger partial charge in [-0.05, 0) is 37.5 Å². The number of Topliss-reactive ketones (excluding diaryl/α,β-unsaturated/α-hetero) is 1. The first-order chi connectivity index (χ1) is 11.7. The van der Waals surface area contributed by atoms with Gasteiger partial charge in [0, 0.05) is 19.4 Å². The van der Waals surface area contributed by atoms with Crippen molar-refractivity contribution in [1.82, 2.24) is 5.32 Å². The quantitative estimate of drug-likeness (QED) is 0.830. The number of hydrogen-bond acceptors (Lipinski definition) is 4. The number of amides is 1. The van der Waals surface area contributed by atoms with E-state index in [1.165, 1.54) is 6.92 Å². The van der Waals surface area contributed by atoms with Crippen molar-refractivity contribution in [1.29, 1.82) is 0 Å². The Balaban J connectivity index is 2.33. The Morgan fingerprint density at radius 3 is 2.48 bits per heavy atom. The SMILES string of the molecule is CCC(=O)C1=CC(OC(C)(C)c2ccccc2)C(NC(C)=O)C(N)C1. The number of benzene rings is 1. The van der Waals surface area contributed by atoms with Crippen LogP contribution in [0.25, 0.3) is 0 Å². The van der Waals surface area contributed by atoms with Gasteiger partial charge in [0.1, 0.15) is 0 Å². The van der Waals surface area contributed by atoms with Gasteiger partial charge in [0.25, 0.3) is 0 Å². The third kappa shape index (κ3) is 4.77. The van der Waals surface area contributed by atoms with E-state index in [0.29, 0.717) is 18.4 Å². The highest BCUT2D eigenvalue weighted by atomic mass is 16.5. The molecule has 25 heavy (non-hydrogen) atoms. The first kappa shape index (κ1) is 19.3. The van der Waals surface area contributed by atoms with Crippen LogP contribution in [0.4, 0.5) is 0 Å². The monoisotopic (exact) mass is 344 g/mol. The molecule has 1 aromatic carbocycles. The van der Waals surface area contributed by atoms with Crippen LogP contribution in [-0.2, 0) is 19.9 Å². The van der Waals surface area contributed by atoms with Gasteiger partial charge < -0.3 is 15.8 Å². The Morgan fingerprint density at radius 2 is 1.92 bits per heavy atom. The van der Waals surface area contributed by atoms with E-state index in [9.17, 15) is 9.59 Å². The first-order valence-electron chi connectivity index (χ1n) is 8.74. The lowest BCUT2D eigenvalue weighted by Crippen LogP contribution is -2.57. The van der Waals surface area contributed by atoms with Crippen molar-refractivity contribution in [2.24, 2.45) is 5.73 Å². The summed E-state index contributed by atoms with van der Waals surface area (Å²) in [4.78, 5) is 23.8. The standard InChI is InChI=1S/C20H28N2O3/c1-5-17(24)14-11-16(21)19(22-13(2)23)18(12-14)25-20(3,4)15-9-7-6-8-10-15/h6-10,12,16,18-19H,5,11,21H2,1-4H3,(H,22,23). The Hall–Kier alpha value is -1.98. The van der Waals surface area contributed by atoms with Crippen molar-refractivity contribution in [3.63, 3.8) is 0 Å². The lowest BCUT2D eigenvalue weighted by atomic mass is 9.85. The maximum atomic E-state index is 12.2. The highest BCUT2D eigenvalue weighted by Gasteiger charge is 2.37. The van der Waals surface area contributed by atoms with Gasteiger partial charge in [-0.2, -0.15) is 0 Å². The van der Waals surface area contributed by atoms with Gasteiger partial charge in [-0.15, -0.1) is 0 Å². The molecule has 136 valence electrons. The highest BCUT2D eigenvalue weighted by Crippen LogP contribution is 2.31. The molecule has 1 aliphatic rings. The summed E-state index contributed by atoms with van der Waals surface area (Å²) >= 11 is 0. The molecule has 0 bridgehead atoms. The van der Waals surface area contributed by atoms with E-state index in [-0.39, 0.29) is 23.8 Å². The van der Waals surface area contributed by atoms with Gasteiger partial charge in [0.15, 0.2) is 5.78 Å². The lowest BCUT2D eigenvalue weighted by Gasteiger charge is -2.39. The van der Waals surface area contributed by atoms with E-state index in [4.69, 9.17) is 10.5 Å². The van der Waals surface area contributed by atoms with Crippen LogP contribution in [0.5, 0.6) is 0 Å². The fourth-order valence-electron chi connectivity index (χ4n) is 3.21. The smallest absolute Gasteiger partial charge is 0.217 e. The van der Waals surface area contributed by atoms with Crippen molar-refractivity contribution < 1.29 is 14.3 Å². The summed E-state index contributed by atoms with van der Waals surface area (Å²) in [6, 6.07) is 9.13. The number of ketones is 1. The Labute approximate surface area is 149 Å². The molecule has 0 saturated heterocycles. The van der Waals surface area contributed by atoms with E-state index in [1.54, 1.807) is 0 Å². The van der Waals surface area contributed by atoms with Gasteiger partial charge >= 0.3 is 0 Å². The van der Waals surface area contributed by atoms with Crippen LogP contribution in [0.1, 0.15) is 46.1 Å². The second kappa shape index (κ2) is 7.93. The topological polar surface area (TPSA) is 81.4 Å². The number of ether oxygens (including phenoxy) is 1. The summed E-state index contributed by atoms with van der Waals surface area (Å²) < 4.78 is 6.35. The third-order valence-corrected chi connectivity index (χ3v) is 4.59. The van der Waals surface area contributed by atoms with E-state index < -0.39 is 11.7 Å². The van der Waals surface area contributed by atoms with Crippen molar-refractivity contribution in [2.45, 2.75) is 64.3 Å². The van der Waals surface area contributed by atoms with E-state index in [0.717, 1.165) is 5.56 Å². The molecule has 0 aliphatic heterocycles. The van der Waals surface area contributed by atoms with Gasteiger partial charge in [-0.1, -0.05) is 37.3 Å². The van der Waals surface area contributed by atoms with E-state index >= 15 is 0 Å². The average molecular weight is 344 g/mol. The van der Waals surface area contributed by atoms with Crippen LogP contribution in [-0.4, -0.2) is 29.9 Å². The second-order valence-corrected chi connectivity index (χ2v) is 7.02. The minimum atomic E-state index is -0.587. The van der Waals surface area contributed by atoms with Crippen LogP contribution in [0.2, 0.25) is 0 Å². The van der Waals surface area contributed by atoms with Crippen molar-refractivity contribution in [3.05, 3.63) is 47.5 Å². The summed E-state index contributed by atoms with van der Waals surface area (Å²) in [7, 11) is 0. The minimum Gasteiger partial charge on any atom is -0.361 e. The Bertz CT molecular complexity index is 652. The number of rotatable bonds is 6. The van der Waals surface area contributed by atoms with Crippen molar-refractivity contribution in [2.75, 3.05) is 0 Å². The highest BCUT2D eigenvalue weighted by molar-refractivity contribution is 5.95. The molecule has 3 unspecified atom stereocenters. The van der Waals surface area contributed by atoms with E-state index in [2.05, 4.69) is 5.32 Å². The van der Waals surface area contributed by atoms with Crippen LogP contribution in [0, 0.1) is 0 Å². The molecule has 1 aliphatic carbocycles. The molecule has 1 amide bonds. The summed E-state index contributed by atoms with van der Waals surface area (Å²) in [5, 5.41) is 2.89. The van der Waals surface area contributed by atoms with Gasteiger partial charge in [-0.3, -0.25) is 9.59 Å². The zero-order chi connectivity index (χ0) is 18.6. The summed E-state index contributed by atoms with van der Waals surface area (Å²) in [6.07, 6.45) is 2.25. The Morgan fingerprint density at radius 1 is 1.28 bits per heavy atom. The summed E-state index contributed by atoms with van der Waals surface area (Å²) in [5.41, 5.74) is 7.39. The molecule has 2 rings (SSSR count). The summed E-state index contributed by atoms with van der Waals surface area (Å²) in [6.45, 7) is 7.24. The molecule has 3 N–H and O–H groups in total. The number of carbonyl (C=O) groups is 2. The van der Waals surface area contributed by atoms with Crippen molar-refractivity contribution >= 4 is 11.7 Å². The molecule has 0 saturated carbocycles. The average Bonchev–Trinajstić information content (AvgIpc) is 2.57. The second-order valence-electron chi connectivity index (χ2n) is 7.02. The molecule has 5 nitrogen and oxygen atoms in total. The third-order valence-electron chi connectivity index (χ3n) is 4.59. The first-order valence-corrected chi connectivity index (χ1v) is 8.74. The van der Waals surface area contributed by atoms with Crippen LogP contribution in [0.3, 0.4) is 0 Å². The zero-order valence-electron chi connectivity index (χ0n) is 15.4. The fraction of sp³-hybridized carbons (Fsp3) is 0.500. The molecule has 5 heteroatoms. The molecule has 0 aromatic heterocycles.